The van der Waals surface area contributed by atoms with Gasteiger partial charge in [-0.2, -0.15) is 0 Å². The van der Waals surface area contributed by atoms with Gasteiger partial charge in [-0.05, 0) is 18.1 Å². The molecule has 3 nitrogen and oxygen atoms in total. The number of hydrogen-bond acceptors (Lipinski definition) is 4. The van der Waals surface area contributed by atoms with Gasteiger partial charge in [-0.3, -0.25) is 4.98 Å². The third kappa shape index (κ3) is 1.74. The van der Waals surface area contributed by atoms with Crippen LogP contribution in [0.15, 0.2) is 36.0 Å². The molecule has 2 rings (SSSR count). The predicted octanol–water partition coefficient (Wildman–Crippen LogP) is 2.43. The summed E-state index contributed by atoms with van der Waals surface area (Å²) in [6.45, 7) is 3.94. The summed E-state index contributed by atoms with van der Waals surface area (Å²) in [4.78, 5) is 8.46. The summed E-state index contributed by atoms with van der Waals surface area (Å²) in [7, 11) is 0. The molecule has 0 bridgehead atoms. The number of hydrogen-bond donors (Lipinski definition) is 1. The summed E-state index contributed by atoms with van der Waals surface area (Å²) in [5.74, 6) is 0.0218. The van der Waals surface area contributed by atoms with E-state index in [2.05, 4.69) is 9.97 Å². The van der Waals surface area contributed by atoms with Gasteiger partial charge in [0.15, 0.2) is 5.60 Å². The minimum absolute atomic E-state index is 0.0218. The zero-order valence-electron chi connectivity index (χ0n) is 9.29. The summed E-state index contributed by atoms with van der Waals surface area (Å²) >= 11 is 1.45. The molecule has 1 N–H and O–H groups in total. The van der Waals surface area contributed by atoms with Gasteiger partial charge in [0.2, 0.25) is 0 Å². The molecule has 0 radical (unpaired) electrons. The molecule has 0 saturated carbocycles. The van der Waals surface area contributed by atoms with E-state index in [1.54, 1.807) is 12.4 Å². The van der Waals surface area contributed by atoms with Crippen molar-refractivity contribution in [3.05, 3.63) is 46.7 Å². The fraction of sp³-hybridized carbons (Fsp3) is 0.333. The van der Waals surface area contributed by atoms with Gasteiger partial charge in [-0.1, -0.05) is 19.9 Å². The van der Waals surface area contributed by atoms with Crippen molar-refractivity contribution >= 4 is 11.3 Å². The van der Waals surface area contributed by atoms with Crippen molar-refractivity contribution in [2.24, 2.45) is 5.92 Å². The standard InChI is InChI=1S/C12H14N2OS/c1-9(2)12(15,11-14-7-8-16-11)10-5-3-4-6-13-10/h3-9,15H,1-2H3. The molecule has 84 valence electrons. The lowest BCUT2D eigenvalue weighted by Crippen LogP contribution is -2.34. The van der Waals surface area contributed by atoms with Crippen LogP contribution in [0.1, 0.15) is 24.5 Å². The highest BCUT2D eigenvalue weighted by molar-refractivity contribution is 7.09. The first-order valence-corrected chi connectivity index (χ1v) is 6.07. The van der Waals surface area contributed by atoms with E-state index in [1.165, 1.54) is 11.3 Å². The number of rotatable bonds is 3. The summed E-state index contributed by atoms with van der Waals surface area (Å²) in [5.41, 5.74) is -0.435. The van der Waals surface area contributed by atoms with E-state index in [9.17, 15) is 5.11 Å². The minimum Gasteiger partial charge on any atom is -0.376 e. The number of thiazole rings is 1. The molecular weight excluding hydrogens is 220 g/mol. The Morgan fingerprint density at radius 2 is 2.06 bits per heavy atom. The van der Waals surface area contributed by atoms with Crippen LogP contribution < -0.4 is 0 Å². The van der Waals surface area contributed by atoms with E-state index in [-0.39, 0.29) is 5.92 Å². The van der Waals surface area contributed by atoms with Crippen molar-refractivity contribution < 1.29 is 5.11 Å². The Balaban J connectivity index is 2.53. The Morgan fingerprint density at radius 1 is 1.25 bits per heavy atom. The molecule has 2 heterocycles. The second kappa shape index (κ2) is 4.31. The third-order valence-electron chi connectivity index (χ3n) is 2.65. The van der Waals surface area contributed by atoms with E-state index < -0.39 is 5.60 Å². The first-order valence-electron chi connectivity index (χ1n) is 5.19. The Morgan fingerprint density at radius 3 is 2.56 bits per heavy atom. The molecule has 0 spiro atoms. The number of pyridine rings is 1. The molecule has 0 aliphatic carbocycles. The first-order chi connectivity index (χ1) is 7.65. The number of nitrogens with zero attached hydrogens (tertiary/aromatic N) is 2. The van der Waals surface area contributed by atoms with Crippen LogP contribution in [-0.4, -0.2) is 15.1 Å². The second-order valence-electron chi connectivity index (χ2n) is 3.97. The number of aliphatic hydroxyl groups is 1. The van der Waals surface area contributed by atoms with Crippen LogP contribution in [0.25, 0.3) is 0 Å². The summed E-state index contributed by atoms with van der Waals surface area (Å²) in [5, 5.41) is 13.4. The summed E-state index contributed by atoms with van der Waals surface area (Å²) in [6.07, 6.45) is 3.40. The molecule has 0 aliphatic rings. The van der Waals surface area contributed by atoms with Crippen molar-refractivity contribution in [2.45, 2.75) is 19.4 Å². The summed E-state index contributed by atoms with van der Waals surface area (Å²) < 4.78 is 0. The Kier molecular flexibility index (Phi) is 3.03. The average Bonchev–Trinajstić information content (AvgIpc) is 2.82. The van der Waals surface area contributed by atoms with Crippen LogP contribution in [0, 0.1) is 5.92 Å². The van der Waals surface area contributed by atoms with Gasteiger partial charge in [0.05, 0.1) is 5.69 Å². The molecule has 0 aliphatic heterocycles. The Labute approximate surface area is 98.8 Å². The van der Waals surface area contributed by atoms with Crippen molar-refractivity contribution in [1.82, 2.24) is 9.97 Å². The van der Waals surface area contributed by atoms with E-state index in [0.29, 0.717) is 10.7 Å². The maximum absolute atomic E-state index is 10.8. The molecule has 1 unspecified atom stereocenters. The van der Waals surface area contributed by atoms with E-state index >= 15 is 0 Å². The summed E-state index contributed by atoms with van der Waals surface area (Å²) in [6, 6.07) is 5.55. The zero-order chi connectivity index (χ0) is 11.6. The maximum Gasteiger partial charge on any atom is 0.160 e. The zero-order valence-corrected chi connectivity index (χ0v) is 10.1. The average molecular weight is 234 g/mol. The molecule has 2 aromatic rings. The van der Waals surface area contributed by atoms with Gasteiger partial charge in [0.25, 0.3) is 0 Å². The van der Waals surface area contributed by atoms with Crippen LogP contribution in [0.5, 0.6) is 0 Å². The van der Waals surface area contributed by atoms with Gasteiger partial charge < -0.3 is 5.11 Å². The van der Waals surface area contributed by atoms with Gasteiger partial charge in [-0.15, -0.1) is 11.3 Å². The molecule has 1 atom stereocenters. The molecule has 0 aromatic carbocycles. The van der Waals surface area contributed by atoms with Crippen molar-refractivity contribution in [2.75, 3.05) is 0 Å². The van der Waals surface area contributed by atoms with Gasteiger partial charge >= 0.3 is 0 Å². The fourth-order valence-electron chi connectivity index (χ4n) is 1.65. The topological polar surface area (TPSA) is 46.0 Å². The SMILES string of the molecule is CC(C)C(O)(c1ccccn1)c1nccs1. The lowest BCUT2D eigenvalue weighted by atomic mass is 9.87. The Hall–Kier alpha value is -1.26. The highest BCUT2D eigenvalue weighted by Gasteiger charge is 2.38. The van der Waals surface area contributed by atoms with Crippen LogP contribution in [0.2, 0.25) is 0 Å². The lowest BCUT2D eigenvalue weighted by molar-refractivity contribution is 0.0273. The molecule has 0 fully saturated rings. The molecule has 4 heteroatoms. The molecular formula is C12H14N2OS. The van der Waals surface area contributed by atoms with Crippen molar-refractivity contribution in [1.29, 1.82) is 0 Å². The molecule has 2 aromatic heterocycles. The van der Waals surface area contributed by atoms with E-state index in [4.69, 9.17) is 0 Å². The quantitative estimate of drug-likeness (QED) is 0.887. The first kappa shape index (κ1) is 11.2. The smallest absolute Gasteiger partial charge is 0.160 e. The third-order valence-corrected chi connectivity index (χ3v) is 3.55. The van der Waals surface area contributed by atoms with Crippen LogP contribution in [-0.2, 0) is 5.60 Å². The highest BCUT2D eigenvalue weighted by atomic mass is 32.1. The molecule has 0 saturated heterocycles. The lowest BCUT2D eigenvalue weighted by Gasteiger charge is -2.29. The molecule has 16 heavy (non-hydrogen) atoms. The minimum atomic E-state index is -1.09. The van der Waals surface area contributed by atoms with Gasteiger partial charge in [0, 0.05) is 17.8 Å². The predicted molar refractivity (Wildman–Crippen MR) is 64.2 cm³/mol. The van der Waals surface area contributed by atoms with Crippen LogP contribution >= 0.6 is 11.3 Å². The van der Waals surface area contributed by atoms with Gasteiger partial charge in [0.1, 0.15) is 5.01 Å². The second-order valence-corrected chi connectivity index (χ2v) is 4.87. The van der Waals surface area contributed by atoms with Crippen LogP contribution in [0.4, 0.5) is 0 Å². The maximum atomic E-state index is 10.8. The monoisotopic (exact) mass is 234 g/mol. The number of aromatic nitrogens is 2. The fourth-order valence-corrected chi connectivity index (χ4v) is 2.54. The highest BCUT2D eigenvalue weighted by Crippen LogP contribution is 2.36. The van der Waals surface area contributed by atoms with Gasteiger partial charge in [-0.25, -0.2) is 4.98 Å². The van der Waals surface area contributed by atoms with Crippen LogP contribution in [0.3, 0.4) is 0 Å². The van der Waals surface area contributed by atoms with E-state index in [0.717, 1.165) is 0 Å². The Bertz CT molecular complexity index is 441. The largest absolute Gasteiger partial charge is 0.376 e. The molecule has 0 amide bonds. The van der Waals surface area contributed by atoms with Crippen molar-refractivity contribution in [3.8, 4) is 0 Å². The normalized spacial score (nSPS) is 15.0. The van der Waals surface area contributed by atoms with E-state index in [1.807, 2.05) is 37.4 Å². The van der Waals surface area contributed by atoms with Crippen molar-refractivity contribution in [3.63, 3.8) is 0 Å².